The third-order valence-electron chi connectivity index (χ3n) is 11.0. The predicted octanol–water partition coefficient (Wildman–Crippen LogP) is 16.3. The summed E-state index contributed by atoms with van der Waals surface area (Å²) in [5, 5.41) is 9.63. The van der Waals surface area contributed by atoms with Gasteiger partial charge in [-0.2, -0.15) is 0 Å². The molecule has 0 aliphatic heterocycles. The highest BCUT2D eigenvalue weighted by Crippen LogP contribution is 2.16. The van der Waals surface area contributed by atoms with Gasteiger partial charge < -0.3 is 14.6 Å². The summed E-state index contributed by atoms with van der Waals surface area (Å²) in [6.45, 7) is 5.37. The standard InChI is InChI=1S/C50H96O4/c1-3-5-7-9-11-13-15-17-19-21-23-24-25-26-27-28-30-32-34-36-38-40-42-44-46-53-48-49(47-51)54-50(52)45-43-41-39-37-35-33-31-29-22-20-18-16-14-12-10-8-6-4-2/h14,16,20,22,49,51H,3-13,15,17-19,21,23-48H2,1-2H3/b16-14-,22-20-. The number of carbonyl (C=O) groups excluding carboxylic acids is 1. The summed E-state index contributed by atoms with van der Waals surface area (Å²) in [6, 6.07) is 0. The van der Waals surface area contributed by atoms with Crippen LogP contribution in [0.3, 0.4) is 0 Å². The number of allylic oxidation sites excluding steroid dienone is 4. The monoisotopic (exact) mass is 761 g/mol. The lowest BCUT2D eigenvalue weighted by Gasteiger charge is -2.16. The largest absolute Gasteiger partial charge is 0.457 e. The highest BCUT2D eigenvalue weighted by Gasteiger charge is 2.13. The van der Waals surface area contributed by atoms with Crippen LogP contribution in [0.2, 0.25) is 0 Å². The van der Waals surface area contributed by atoms with Gasteiger partial charge >= 0.3 is 5.97 Å². The number of aliphatic hydroxyl groups is 1. The van der Waals surface area contributed by atoms with Gasteiger partial charge in [0.15, 0.2) is 0 Å². The van der Waals surface area contributed by atoms with Gasteiger partial charge in [-0.1, -0.05) is 237 Å². The van der Waals surface area contributed by atoms with E-state index in [0.29, 0.717) is 19.6 Å². The van der Waals surface area contributed by atoms with Crippen molar-refractivity contribution in [3.8, 4) is 0 Å². The Morgan fingerprint density at radius 2 is 0.778 bits per heavy atom. The Bertz CT molecular complexity index is 762. The molecule has 0 heterocycles. The van der Waals surface area contributed by atoms with E-state index in [1.165, 1.54) is 218 Å². The second-order valence-electron chi connectivity index (χ2n) is 16.5. The maximum atomic E-state index is 12.2. The first-order valence-corrected chi connectivity index (χ1v) is 24.4. The molecular weight excluding hydrogens is 665 g/mol. The van der Waals surface area contributed by atoms with Crippen LogP contribution in [0.1, 0.15) is 264 Å². The lowest BCUT2D eigenvalue weighted by molar-refractivity contribution is -0.154. The highest BCUT2D eigenvalue weighted by molar-refractivity contribution is 5.69. The van der Waals surface area contributed by atoms with Crippen molar-refractivity contribution >= 4 is 5.97 Å². The Morgan fingerprint density at radius 3 is 1.17 bits per heavy atom. The molecule has 0 amide bonds. The van der Waals surface area contributed by atoms with Crippen LogP contribution in [0.5, 0.6) is 0 Å². The van der Waals surface area contributed by atoms with Crippen LogP contribution in [0.25, 0.3) is 0 Å². The Hall–Kier alpha value is -1.13. The van der Waals surface area contributed by atoms with Crippen molar-refractivity contribution < 1.29 is 19.4 Å². The molecular formula is C50H96O4. The second kappa shape index (κ2) is 48.0. The zero-order valence-electron chi connectivity index (χ0n) is 36.8. The molecule has 54 heavy (non-hydrogen) atoms. The molecule has 4 nitrogen and oxygen atoms in total. The van der Waals surface area contributed by atoms with Gasteiger partial charge in [0.05, 0.1) is 13.2 Å². The van der Waals surface area contributed by atoms with E-state index < -0.39 is 6.10 Å². The van der Waals surface area contributed by atoms with Crippen LogP contribution in [0.4, 0.5) is 0 Å². The van der Waals surface area contributed by atoms with Crippen LogP contribution in [-0.4, -0.2) is 37.0 Å². The first kappa shape index (κ1) is 52.9. The SMILES string of the molecule is CCCCCC/C=C\C/C=C\CCCCCCCCCC(=O)OC(CO)COCCCCCCCCCCCCCCCCCCCCCCCCCC. The number of hydrogen-bond donors (Lipinski definition) is 1. The number of rotatable bonds is 46. The molecule has 0 spiro atoms. The van der Waals surface area contributed by atoms with Crippen molar-refractivity contribution in [2.24, 2.45) is 0 Å². The minimum atomic E-state index is -0.535. The summed E-state index contributed by atoms with van der Waals surface area (Å²) in [5.41, 5.74) is 0. The third-order valence-corrected chi connectivity index (χ3v) is 11.0. The van der Waals surface area contributed by atoms with E-state index in [1.807, 2.05) is 0 Å². The molecule has 0 saturated carbocycles. The van der Waals surface area contributed by atoms with E-state index in [-0.39, 0.29) is 12.6 Å². The van der Waals surface area contributed by atoms with Crippen LogP contribution >= 0.6 is 0 Å². The molecule has 4 heteroatoms. The average Bonchev–Trinajstić information content (AvgIpc) is 3.18. The Labute approximate surface area is 338 Å². The third kappa shape index (κ3) is 45.3. The highest BCUT2D eigenvalue weighted by atomic mass is 16.6. The van der Waals surface area contributed by atoms with Crippen LogP contribution in [-0.2, 0) is 14.3 Å². The van der Waals surface area contributed by atoms with E-state index in [1.54, 1.807) is 0 Å². The quantitative estimate of drug-likeness (QED) is 0.0381. The molecule has 0 aromatic heterocycles. The van der Waals surface area contributed by atoms with Gasteiger partial charge in [0.25, 0.3) is 0 Å². The lowest BCUT2D eigenvalue weighted by Crippen LogP contribution is -2.27. The molecule has 0 saturated heterocycles. The maximum absolute atomic E-state index is 12.2. The predicted molar refractivity (Wildman–Crippen MR) is 237 cm³/mol. The zero-order valence-corrected chi connectivity index (χ0v) is 36.8. The molecule has 0 radical (unpaired) electrons. The zero-order chi connectivity index (χ0) is 39.1. The number of esters is 1. The molecule has 0 aromatic carbocycles. The lowest BCUT2D eigenvalue weighted by atomic mass is 10.0. The van der Waals surface area contributed by atoms with Crippen molar-refractivity contribution in [2.45, 2.75) is 270 Å². The fourth-order valence-electron chi connectivity index (χ4n) is 7.36. The number of ether oxygens (including phenoxy) is 2. The van der Waals surface area contributed by atoms with E-state index in [4.69, 9.17) is 9.47 Å². The summed E-state index contributed by atoms with van der Waals surface area (Å²) >= 11 is 0. The van der Waals surface area contributed by atoms with Gasteiger partial charge in [-0.15, -0.1) is 0 Å². The summed E-state index contributed by atoms with van der Waals surface area (Å²) in [6.07, 6.45) is 59.8. The summed E-state index contributed by atoms with van der Waals surface area (Å²) in [7, 11) is 0. The molecule has 0 rings (SSSR count). The van der Waals surface area contributed by atoms with E-state index in [0.717, 1.165) is 25.7 Å². The molecule has 0 aliphatic rings. The van der Waals surface area contributed by atoms with Crippen molar-refractivity contribution in [1.29, 1.82) is 0 Å². The molecule has 0 aromatic rings. The minimum Gasteiger partial charge on any atom is -0.457 e. The van der Waals surface area contributed by atoms with Gasteiger partial charge in [-0.3, -0.25) is 4.79 Å². The van der Waals surface area contributed by atoms with Gasteiger partial charge in [-0.25, -0.2) is 0 Å². The first-order valence-electron chi connectivity index (χ1n) is 24.4. The minimum absolute atomic E-state index is 0.170. The molecule has 1 atom stereocenters. The summed E-state index contributed by atoms with van der Waals surface area (Å²) < 4.78 is 11.2. The fourth-order valence-corrected chi connectivity index (χ4v) is 7.36. The molecule has 1 unspecified atom stereocenters. The Morgan fingerprint density at radius 1 is 0.444 bits per heavy atom. The van der Waals surface area contributed by atoms with Crippen molar-refractivity contribution in [3.05, 3.63) is 24.3 Å². The van der Waals surface area contributed by atoms with Crippen molar-refractivity contribution in [1.82, 2.24) is 0 Å². The van der Waals surface area contributed by atoms with E-state index >= 15 is 0 Å². The second-order valence-corrected chi connectivity index (χ2v) is 16.5. The first-order chi connectivity index (χ1) is 26.7. The maximum Gasteiger partial charge on any atom is 0.306 e. The van der Waals surface area contributed by atoms with Crippen molar-refractivity contribution in [2.75, 3.05) is 19.8 Å². The van der Waals surface area contributed by atoms with Crippen LogP contribution < -0.4 is 0 Å². The molecule has 0 bridgehead atoms. The van der Waals surface area contributed by atoms with Gasteiger partial charge in [-0.05, 0) is 44.9 Å². The number of carbonyl (C=O) groups is 1. The molecule has 0 fully saturated rings. The average molecular weight is 761 g/mol. The van der Waals surface area contributed by atoms with E-state index in [9.17, 15) is 9.90 Å². The number of aliphatic hydroxyl groups excluding tert-OH is 1. The van der Waals surface area contributed by atoms with Crippen LogP contribution in [0.15, 0.2) is 24.3 Å². The Balaban J connectivity index is 3.36. The molecule has 1 N–H and O–H groups in total. The Kier molecular flexibility index (Phi) is 47.0. The van der Waals surface area contributed by atoms with Gasteiger partial charge in [0, 0.05) is 13.0 Å². The van der Waals surface area contributed by atoms with Crippen LogP contribution in [0, 0.1) is 0 Å². The van der Waals surface area contributed by atoms with E-state index in [2.05, 4.69) is 38.2 Å². The topological polar surface area (TPSA) is 55.8 Å². The van der Waals surface area contributed by atoms with Gasteiger partial charge in [0.2, 0.25) is 0 Å². The molecule has 0 aliphatic carbocycles. The molecule has 320 valence electrons. The summed E-state index contributed by atoms with van der Waals surface area (Å²) in [5.74, 6) is -0.203. The smallest absolute Gasteiger partial charge is 0.306 e. The van der Waals surface area contributed by atoms with Crippen molar-refractivity contribution in [3.63, 3.8) is 0 Å². The summed E-state index contributed by atoms with van der Waals surface area (Å²) in [4.78, 5) is 12.2. The number of unbranched alkanes of at least 4 members (excludes halogenated alkanes) is 34. The fraction of sp³-hybridized carbons (Fsp3) is 0.900. The van der Waals surface area contributed by atoms with Gasteiger partial charge in [0.1, 0.15) is 6.10 Å². The normalized spacial score (nSPS) is 12.4. The number of hydrogen-bond acceptors (Lipinski definition) is 4.